The number of nitrogens with zero attached hydrogens (tertiary/aromatic N) is 2. The number of hydrogen-bond donors (Lipinski definition) is 1. The molecule has 7 nitrogen and oxygen atoms in total. The van der Waals surface area contributed by atoms with Crippen molar-refractivity contribution >= 4 is 11.6 Å². The van der Waals surface area contributed by atoms with Gasteiger partial charge in [0.15, 0.2) is 0 Å². The van der Waals surface area contributed by atoms with Crippen molar-refractivity contribution in [2.75, 3.05) is 33.3 Å². The van der Waals surface area contributed by atoms with Crippen molar-refractivity contribution in [3.05, 3.63) is 33.9 Å². The quantitative estimate of drug-likeness (QED) is 0.640. The van der Waals surface area contributed by atoms with E-state index in [1.807, 2.05) is 0 Å². The van der Waals surface area contributed by atoms with Crippen LogP contribution < -0.4 is 10.1 Å². The van der Waals surface area contributed by atoms with Gasteiger partial charge >= 0.3 is 0 Å². The Bertz CT molecular complexity index is 498. The van der Waals surface area contributed by atoms with Crippen molar-refractivity contribution < 1.29 is 14.5 Å². The van der Waals surface area contributed by atoms with Crippen molar-refractivity contribution in [2.45, 2.75) is 0 Å². The van der Waals surface area contributed by atoms with Gasteiger partial charge in [-0.15, -0.1) is 0 Å². The Morgan fingerprint density at radius 1 is 1.42 bits per heavy atom. The average Bonchev–Trinajstić information content (AvgIpc) is 2.46. The molecule has 1 fully saturated rings. The Kier molecular flexibility index (Phi) is 3.96. The highest BCUT2D eigenvalue weighted by atomic mass is 16.6. The van der Waals surface area contributed by atoms with Crippen molar-refractivity contribution in [2.24, 2.45) is 0 Å². The van der Waals surface area contributed by atoms with Crippen LogP contribution in [0.3, 0.4) is 0 Å². The fourth-order valence-electron chi connectivity index (χ4n) is 2.01. The van der Waals surface area contributed by atoms with E-state index >= 15 is 0 Å². The lowest BCUT2D eigenvalue weighted by Crippen LogP contribution is -2.46. The van der Waals surface area contributed by atoms with E-state index in [1.54, 1.807) is 4.90 Å². The lowest BCUT2D eigenvalue weighted by atomic mass is 10.1. The molecular formula is C12H15N3O4. The number of hydrogen-bond acceptors (Lipinski definition) is 5. The number of ether oxygens (including phenoxy) is 1. The van der Waals surface area contributed by atoms with Gasteiger partial charge in [0.2, 0.25) is 0 Å². The summed E-state index contributed by atoms with van der Waals surface area (Å²) < 4.78 is 5.11. The predicted octanol–water partition coefficient (Wildman–Crippen LogP) is 0.649. The Morgan fingerprint density at radius 3 is 2.68 bits per heavy atom. The number of non-ortho nitro benzene ring substituents is 1. The van der Waals surface area contributed by atoms with Gasteiger partial charge in [-0.25, -0.2) is 0 Å². The number of methoxy groups -OCH3 is 1. The van der Waals surface area contributed by atoms with Gasteiger partial charge in [-0.05, 0) is 6.07 Å². The van der Waals surface area contributed by atoms with Gasteiger partial charge in [-0.3, -0.25) is 14.9 Å². The lowest BCUT2D eigenvalue weighted by molar-refractivity contribution is -0.384. The first-order valence-corrected chi connectivity index (χ1v) is 5.96. The summed E-state index contributed by atoms with van der Waals surface area (Å²) in [5, 5.41) is 13.9. The number of nitro groups is 1. The maximum Gasteiger partial charge on any atom is 0.270 e. The summed E-state index contributed by atoms with van der Waals surface area (Å²) in [4.78, 5) is 24.3. The van der Waals surface area contributed by atoms with E-state index in [-0.39, 0.29) is 17.2 Å². The van der Waals surface area contributed by atoms with Crippen LogP contribution in [0.5, 0.6) is 5.75 Å². The number of carbonyl (C=O) groups is 1. The number of benzene rings is 1. The zero-order valence-electron chi connectivity index (χ0n) is 10.6. The van der Waals surface area contributed by atoms with Gasteiger partial charge in [-0.2, -0.15) is 0 Å². The van der Waals surface area contributed by atoms with Crippen LogP contribution in [-0.2, 0) is 0 Å². The van der Waals surface area contributed by atoms with Gasteiger partial charge in [0.25, 0.3) is 11.6 Å². The number of carbonyl (C=O) groups excluding carboxylic acids is 1. The molecule has 1 aromatic rings. The third-order valence-corrected chi connectivity index (χ3v) is 3.03. The Balaban J connectivity index is 2.32. The number of rotatable bonds is 3. The standard InChI is InChI=1S/C12H15N3O4/c1-19-11-3-2-9(15(17)18)8-10(11)12(16)14-6-4-13-5-7-14/h2-3,8,13H,4-7H2,1H3. The number of piperazine rings is 1. The average molecular weight is 265 g/mol. The summed E-state index contributed by atoms with van der Waals surface area (Å²) in [6, 6.07) is 4.05. The predicted molar refractivity (Wildman–Crippen MR) is 68.4 cm³/mol. The molecule has 0 atom stereocenters. The van der Waals surface area contributed by atoms with Crippen LogP contribution >= 0.6 is 0 Å². The van der Waals surface area contributed by atoms with Crippen LogP contribution in [0.1, 0.15) is 10.4 Å². The molecule has 1 heterocycles. The second-order valence-electron chi connectivity index (χ2n) is 4.18. The molecule has 0 spiro atoms. The molecule has 0 aliphatic carbocycles. The molecule has 1 aliphatic rings. The van der Waals surface area contributed by atoms with Gasteiger partial charge in [0.1, 0.15) is 5.75 Å². The van der Waals surface area contributed by atoms with E-state index in [2.05, 4.69) is 5.32 Å². The molecule has 102 valence electrons. The molecule has 7 heteroatoms. The van der Waals surface area contributed by atoms with E-state index in [0.717, 1.165) is 13.1 Å². The second-order valence-corrected chi connectivity index (χ2v) is 4.18. The first-order chi connectivity index (χ1) is 9.13. The van der Waals surface area contributed by atoms with Crippen LogP contribution in [0.4, 0.5) is 5.69 Å². The Labute approximate surface area is 110 Å². The first-order valence-electron chi connectivity index (χ1n) is 5.96. The molecule has 1 N–H and O–H groups in total. The van der Waals surface area contributed by atoms with E-state index in [0.29, 0.717) is 18.8 Å². The second kappa shape index (κ2) is 5.66. The molecule has 0 radical (unpaired) electrons. The van der Waals surface area contributed by atoms with Gasteiger partial charge in [-0.1, -0.05) is 0 Å². The van der Waals surface area contributed by atoms with Crippen LogP contribution in [-0.4, -0.2) is 49.0 Å². The summed E-state index contributed by atoms with van der Waals surface area (Å²) in [7, 11) is 1.44. The minimum atomic E-state index is -0.520. The van der Waals surface area contributed by atoms with Gasteiger partial charge in [0, 0.05) is 38.3 Å². The van der Waals surface area contributed by atoms with E-state index in [4.69, 9.17) is 4.74 Å². The molecule has 0 aromatic heterocycles. The zero-order chi connectivity index (χ0) is 13.8. The van der Waals surface area contributed by atoms with Crippen LogP contribution in [0, 0.1) is 10.1 Å². The highest BCUT2D eigenvalue weighted by Gasteiger charge is 2.23. The minimum Gasteiger partial charge on any atom is -0.496 e. The highest BCUT2D eigenvalue weighted by Crippen LogP contribution is 2.25. The topological polar surface area (TPSA) is 84.7 Å². The van der Waals surface area contributed by atoms with Crippen molar-refractivity contribution in [3.8, 4) is 5.75 Å². The van der Waals surface area contributed by atoms with Crippen LogP contribution in [0.25, 0.3) is 0 Å². The summed E-state index contributed by atoms with van der Waals surface area (Å²) >= 11 is 0. The molecule has 1 aromatic carbocycles. The van der Waals surface area contributed by atoms with Crippen molar-refractivity contribution in [1.29, 1.82) is 0 Å². The molecule has 19 heavy (non-hydrogen) atoms. The molecule has 2 rings (SSSR count). The largest absolute Gasteiger partial charge is 0.496 e. The maximum absolute atomic E-state index is 12.3. The summed E-state index contributed by atoms with van der Waals surface area (Å²) in [5.41, 5.74) is 0.123. The monoisotopic (exact) mass is 265 g/mol. The lowest BCUT2D eigenvalue weighted by Gasteiger charge is -2.27. The third-order valence-electron chi connectivity index (χ3n) is 3.03. The summed E-state index contributed by atoms with van der Waals surface area (Å²) in [6.45, 7) is 2.63. The molecule has 0 unspecified atom stereocenters. The van der Waals surface area contributed by atoms with E-state index in [1.165, 1.54) is 25.3 Å². The molecule has 0 bridgehead atoms. The van der Waals surface area contributed by atoms with Gasteiger partial charge in [0.05, 0.1) is 17.6 Å². The van der Waals surface area contributed by atoms with Crippen molar-refractivity contribution in [1.82, 2.24) is 10.2 Å². The fourth-order valence-corrected chi connectivity index (χ4v) is 2.01. The van der Waals surface area contributed by atoms with Crippen LogP contribution in [0.15, 0.2) is 18.2 Å². The molecule has 0 saturated carbocycles. The van der Waals surface area contributed by atoms with E-state index in [9.17, 15) is 14.9 Å². The third kappa shape index (κ3) is 2.82. The van der Waals surface area contributed by atoms with Gasteiger partial charge < -0.3 is 15.0 Å². The normalized spacial score (nSPS) is 15.1. The number of amides is 1. The van der Waals surface area contributed by atoms with E-state index < -0.39 is 4.92 Å². The number of nitro benzene ring substituents is 1. The SMILES string of the molecule is COc1ccc([N+](=O)[O-])cc1C(=O)N1CCNCC1. The summed E-state index contributed by atoms with van der Waals surface area (Å²) in [6.07, 6.45) is 0. The smallest absolute Gasteiger partial charge is 0.270 e. The fraction of sp³-hybridized carbons (Fsp3) is 0.417. The van der Waals surface area contributed by atoms with Crippen LogP contribution in [0.2, 0.25) is 0 Å². The molecule has 1 saturated heterocycles. The Hall–Kier alpha value is -2.15. The summed E-state index contributed by atoms with van der Waals surface area (Å²) in [5.74, 6) is 0.121. The molecule has 1 aliphatic heterocycles. The Morgan fingerprint density at radius 2 is 2.11 bits per heavy atom. The molecule has 1 amide bonds. The highest BCUT2D eigenvalue weighted by molar-refractivity contribution is 5.97. The minimum absolute atomic E-state index is 0.112. The first kappa shape index (κ1) is 13.3. The molecular weight excluding hydrogens is 250 g/mol. The zero-order valence-corrected chi connectivity index (χ0v) is 10.6. The number of nitrogens with one attached hydrogen (secondary N) is 1. The maximum atomic E-state index is 12.3. The van der Waals surface area contributed by atoms with Crippen molar-refractivity contribution in [3.63, 3.8) is 0 Å².